The van der Waals surface area contributed by atoms with Gasteiger partial charge in [0.1, 0.15) is 5.82 Å². The molecule has 5 rings (SSSR count). The number of carbonyl (C=O) groups is 1. The average Bonchev–Trinajstić information content (AvgIpc) is 3.17. The van der Waals surface area contributed by atoms with Crippen molar-refractivity contribution in [3.8, 4) is 0 Å². The SMILES string of the molecule is C[C@@H]1CC(=O)Nc2ccc(CCN3CCN(c4nsc5ccccc45)CC3)cc21. The summed E-state index contributed by atoms with van der Waals surface area (Å²) in [4.78, 5) is 16.7. The highest BCUT2D eigenvalue weighted by Gasteiger charge is 2.23. The van der Waals surface area contributed by atoms with Crippen molar-refractivity contribution in [3.05, 3.63) is 53.6 Å². The predicted octanol–water partition coefficient (Wildman–Crippen LogP) is 4.11. The second kappa shape index (κ2) is 7.76. The largest absolute Gasteiger partial charge is 0.353 e. The van der Waals surface area contributed by atoms with Crippen molar-refractivity contribution >= 4 is 39.0 Å². The quantitative estimate of drug-likeness (QED) is 0.708. The number of nitrogens with one attached hydrogen (secondary N) is 1. The molecule has 2 aromatic carbocycles. The Morgan fingerprint density at radius 2 is 1.97 bits per heavy atom. The van der Waals surface area contributed by atoms with Gasteiger partial charge in [-0.2, -0.15) is 4.37 Å². The predicted molar refractivity (Wildman–Crippen MR) is 120 cm³/mol. The molecule has 1 fully saturated rings. The summed E-state index contributed by atoms with van der Waals surface area (Å²) in [6.45, 7) is 7.42. The number of benzene rings is 2. The van der Waals surface area contributed by atoms with Gasteiger partial charge < -0.3 is 10.2 Å². The fourth-order valence-electron chi connectivity index (χ4n) is 4.45. The van der Waals surface area contributed by atoms with Crippen molar-refractivity contribution in [1.29, 1.82) is 0 Å². The summed E-state index contributed by atoms with van der Waals surface area (Å²) in [6, 6.07) is 15.0. The maximum atomic E-state index is 11.7. The van der Waals surface area contributed by atoms with E-state index in [1.54, 1.807) is 11.5 Å². The monoisotopic (exact) mass is 406 g/mol. The van der Waals surface area contributed by atoms with Gasteiger partial charge in [-0.15, -0.1) is 0 Å². The fourth-order valence-corrected chi connectivity index (χ4v) is 5.25. The molecule has 6 heteroatoms. The second-order valence-corrected chi connectivity index (χ2v) is 8.96. The van der Waals surface area contributed by atoms with E-state index in [1.807, 2.05) is 0 Å². The zero-order valence-electron chi connectivity index (χ0n) is 16.7. The molecule has 1 atom stereocenters. The van der Waals surface area contributed by atoms with Crippen LogP contribution in [0.1, 0.15) is 30.4 Å². The first-order valence-corrected chi connectivity index (χ1v) is 11.2. The van der Waals surface area contributed by atoms with Gasteiger partial charge in [0.25, 0.3) is 0 Å². The summed E-state index contributed by atoms with van der Waals surface area (Å²) in [5.41, 5.74) is 3.63. The maximum absolute atomic E-state index is 11.7. The first-order chi connectivity index (χ1) is 14.2. The van der Waals surface area contributed by atoms with E-state index in [-0.39, 0.29) is 5.91 Å². The van der Waals surface area contributed by atoms with Crippen molar-refractivity contribution in [1.82, 2.24) is 9.27 Å². The van der Waals surface area contributed by atoms with E-state index in [9.17, 15) is 4.79 Å². The van der Waals surface area contributed by atoms with Crippen LogP contribution in [0.4, 0.5) is 11.5 Å². The lowest BCUT2D eigenvalue weighted by molar-refractivity contribution is -0.116. The number of amides is 1. The van der Waals surface area contributed by atoms with Crippen LogP contribution < -0.4 is 10.2 Å². The number of nitrogens with zero attached hydrogens (tertiary/aromatic N) is 3. The molecule has 3 heterocycles. The van der Waals surface area contributed by atoms with E-state index in [0.717, 1.165) is 50.6 Å². The third-order valence-corrected chi connectivity index (χ3v) is 6.98. The van der Waals surface area contributed by atoms with Crippen molar-refractivity contribution in [2.75, 3.05) is 42.9 Å². The van der Waals surface area contributed by atoms with Crippen LogP contribution in [0.2, 0.25) is 0 Å². The third-order valence-electron chi connectivity index (χ3n) is 6.16. The number of hydrogen-bond donors (Lipinski definition) is 1. The summed E-state index contributed by atoms with van der Waals surface area (Å²) in [6.07, 6.45) is 1.64. The molecule has 1 saturated heterocycles. The Labute approximate surface area is 175 Å². The van der Waals surface area contributed by atoms with Gasteiger partial charge in [-0.05, 0) is 53.2 Å². The Bertz CT molecular complexity index is 1040. The zero-order valence-corrected chi connectivity index (χ0v) is 17.5. The van der Waals surface area contributed by atoms with Crippen molar-refractivity contribution < 1.29 is 4.79 Å². The molecule has 1 aromatic heterocycles. The van der Waals surface area contributed by atoms with Crippen LogP contribution in [0, 0.1) is 0 Å². The van der Waals surface area contributed by atoms with Crippen LogP contribution in [-0.2, 0) is 11.2 Å². The number of piperazine rings is 1. The summed E-state index contributed by atoms with van der Waals surface area (Å²) in [7, 11) is 0. The molecule has 0 bridgehead atoms. The molecule has 29 heavy (non-hydrogen) atoms. The van der Waals surface area contributed by atoms with Crippen LogP contribution in [0.15, 0.2) is 42.5 Å². The summed E-state index contributed by atoms with van der Waals surface area (Å²) in [5, 5.41) is 4.27. The third kappa shape index (κ3) is 3.74. The Kier molecular flexibility index (Phi) is 4.97. The molecule has 150 valence electrons. The molecule has 0 aliphatic carbocycles. The highest BCUT2D eigenvalue weighted by molar-refractivity contribution is 7.13. The van der Waals surface area contributed by atoms with Gasteiger partial charge in [-0.1, -0.05) is 31.2 Å². The summed E-state index contributed by atoms with van der Waals surface area (Å²) in [5.74, 6) is 1.58. The number of anilines is 2. The molecule has 0 unspecified atom stereocenters. The van der Waals surface area contributed by atoms with E-state index in [2.05, 4.69) is 64.5 Å². The summed E-state index contributed by atoms with van der Waals surface area (Å²) < 4.78 is 5.98. The average molecular weight is 407 g/mol. The van der Waals surface area contributed by atoms with E-state index in [4.69, 9.17) is 4.37 Å². The smallest absolute Gasteiger partial charge is 0.224 e. The first-order valence-electron chi connectivity index (χ1n) is 10.4. The zero-order chi connectivity index (χ0) is 19.8. The molecule has 0 spiro atoms. The highest BCUT2D eigenvalue weighted by atomic mass is 32.1. The van der Waals surface area contributed by atoms with Crippen LogP contribution >= 0.6 is 11.5 Å². The molecule has 2 aliphatic rings. The van der Waals surface area contributed by atoms with Crippen molar-refractivity contribution in [2.45, 2.75) is 25.7 Å². The number of rotatable bonds is 4. The normalized spacial score (nSPS) is 20.0. The molecule has 1 N–H and O–H groups in total. The molecule has 0 saturated carbocycles. The Hall–Kier alpha value is -2.44. The van der Waals surface area contributed by atoms with Crippen LogP contribution in [0.25, 0.3) is 10.1 Å². The van der Waals surface area contributed by atoms with Crippen LogP contribution in [-0.4, -0.2) is 47.9 Å². The van der Waals surface area contributed by atoms with Gasteiger partial charge in [0, 0.05) is 50.2 Å². The van der Waals surface area contributed by atoms with Crippen LogP contribution in [0.3, 0.4) is 0 Å². The molecule has 3 aromatic rings. The number of hydrogen-bond acceptors (Lipinski definition) is 5. The molecule has 0 radical (unpaired) electrons. The van der Waals surface area contributed by atoms with Gasteiger partial charge in [0.15, 0.2) is 0 Å². The van der Waals surface area contributed by atoms with Gasteiger partial charge in [-0.3, -0.25) is 9.69 Å². The number of carbonyl (C=O) groups excluding carboxylic acids is 1. The lowest BCUT2D eigenvalue weighted by atomic mass is 9.90. The maximum Gasteiger partial charge on any atom is 0.224 e. The van der Waals surface area contributed by atoms with Gasteiger partial charge in [0.2, 0.25) is 5.91 Å². The lowest BCUT2D eigenvalue weighted by Gasteiger charge is -2.35. The molecule has 1 amide bonds. The molecular weight excluding hydrogens is 380 g/mol. The minimum Gasteiger partial charge on any atom is -0.353 e. The second-order valence-electron chi connectivity index (χ2n) is 8.16. The fraction of sp³-hybridized carbons (Fsp3) is 0.391. The van der Waals surface area contributed by atoms with E-state index in [1.165, 1.54) is 21.2 Å². The standard InChI is InChI=1S/C23H26N4OS/c1-16-14-22(28)24-20-7-6-17(15-19(16)20)8-9-26-10-12-27(13-11-26)23-18-4-2-3-5-21(18)29-25-23/h2-7,15-16H,8-14H2,1H3,(H,24,28)/t16-/m1/s1. The van der Waals surface area contributed by atoms with Crippen molar-refractivity contribution in [3.63, 3.8) is 0 Å². The molecular formula is C23H26N4OS. The lowest BCUT2D eigenvalue weighted by Crippen LogP contribution is -2.47. The minimum atomic E-state index is 0.128. The highest BCUT2D eigenvalue weighted by Crippen LogP contribution is 2.33. The van der Waals surface area contributed by atoms with E-state index in [0.29, 0.717) is 12.3 Å². The number of aromatic nitrogens is 1. The van der Waals surface area contributed by atoms with Crippen molar-refractivity contribution in [2.24, 2.45) is 0 Å². The first kappa shape index (κ1) is 18.6. The van der Waals surface area contributed by atoms with E-state index < -0.39 is 0 Å². The van der Waals surface area contributed by atoms with Gasteiger partial charge >= 0.3 is 0 Å². The number of fused-ring (bicyclic) bond motifs is 2. The molecule has 2 aliphatic heterocycles. The summed E-state index contributed by atoms with van der Waals surface area (Å²) >= 11 is 1.60. The molecule has 5 nitrogen and oxygen atoms in total. The van der Waals surface area contributed by atoms with Gasteiger partial charge in [-0.25, -0.2) is 0 Å². The topological polar surface area (TPSA) is 48.5 Å². The Morgan fingerprint density at radius 3 is 2.83 bits per heavy atom. The Morgan fingerprint density at radius 1 is 1.14 bits per heavy atom. The van der Waals surface area contributed by atoms with Crippen LogP contribution in [0.5, 0.6) is 0 Å². The Balaban J connectivity index is 1.19. The van der Waals surface area contributed by atoms with E-state index >= 15 is 0 Å². The van der Waals surface area contributed by atoms with Gasteiger partial charge in [0.05, 0.1) is 4.70 Å². The minimum absolute atomic E-state index is 0.128.